The van der Waals surface area contributed by atoms with Crippen LogP contribution in [-0.2, 0) is 40.3 Å². The van der Waals surface area contributed by atoms with E-state index in [4.69, 9.17) is 26.6 Å². The fourth-order valence-electron chi connectivity index (χ4n) is 2.62. The van der Waals surface area contributed by atoms with Crippen molar-refractivity contribution >= 4 is 50.2 Å². The van der Waals surface area contributed by atoms with E-state index in [-0.39, 0.29) is 19.0 Å². The van der Waals surface area contributed by atoms with Gasteiger partial charge in [0.1, 0.15) is 0 Å². The van der Waals surface area contributed by atoms with Crippen molar-refractivity contribution in [2.75, 3.05) is 34.5 Å². The van der Waals surface area contributed by atoms with Gasteiger partial charge in [0, 0.05) is 46.4 Å². The molecule has 0 aliphatic carbocycles. The van der Waals surface area contributed by atoms with Gasteiger partial charge in [0.05, 0.1) is 14.9 Å². The van der Waals surface area contributed by atoms with Crippen LogP contribution in [0.15, 0.2) is 0 Å². The molecule has 0 aromatic rings. The molecule has 2 unspecified atom stereocenters. The average Bonchev–Trinajstić information content (AvgIpc) is 2.73. The molecule has 0 aromatic heterocycles. The van der Waals surface area contributed by atoms with E-state index in [9.17, 15) is 13.7 Å². The number of carbonyl (C=O) groups excluding carboxylic acids is 1. The molecule has 0 bridgehead atoms. The maximum absolute atomic E-state index is 12.0. The summed E-state index contributed by atoms with van der Waals surface area (Å²) in [4.78, 5) is 12.0. The third kappa shape index (κ3) is 12.9. The van der Waals surface area contributed by atoms with Gasteiger partial charge in [0.15, 0.2) is 0 Å². The molecule has 2 atom stereocenters. The molecule has 9 nitrogen and oxygen atoms in total. The van der Waals surface area contributed by atoms with Crippen LogP contribution in [0.25, 0.3) is 0 Å². The molecule has 0 aromatic carbocycles. The van der Waals surface area contributed by atoms with Crippen molar-refractivity contribution in [3.8, 4) is 0 Å². The Morgan fingerprint density at radius 2 is 1.62 bits per heavy atom. The lowest BCUT2D eigenvalue weighted by atomic mass is 10.4. The Morgan fingerprint density at radius 1 is 0.966 bits per heavy atom. The Bertz CT molecular complexity index is 473. The van der Waals surface area contributed by atoms with E-state index in [0.717, 1.165) is 18.9 Å². The summed E-state index contributed by atoms with van der Waals surface area (Å²) in [7, 11) is -3.69. The van der Waals surface area contributed by atoms with Crippen molar-refractivity contribution in [2.45, 2.75) is 56.9 Å². The van der Waals surface area contributed by atoms with Gasteiger partial charge in [-0.25, -0.2) is 0 Å². The number of unbranched alkanes of at least 4 members (excludes halogenated alkanes) is 1. The maximum atomic E-state index is 12.0. The normalized spacial score (nSPS) is 14.7. The summed E-state index contributed by atoms with van der Waals surface area (Å²) in [5.74, 6) is -0.338. The van der Waals surface area contributed by atoms with Crippen LogP contribution in [0, 0.1) is 0 Å². The van der Waals surface area contributed by atoms with Crippen LogP contribution in [0.3, 0.4) is 0 Å². The van der Waals surface area contributed by atoms with Crippen LogP contribution in [0.1, 0.15) is 25.7 Å². The van der Waals surface area contributed by atoms with E-state index in [1.165, 1.54) is 0 Å². The molecular formula is C15H36O9Si5. The first kappa shape index (κ1) is 28.8. The zero-order valence-corrected chi connectivity index (χ0v) is 23.7. The van der Waals surface area contributed by atoms with E-state index in [1.54, 1.807) is 21.3 Å². The monoisotopic (exact) mass is 500 g/mol. The van der Waals surface area contributed by atoms with Crippen LogP contribution >= 0.6 is 0 Å². The zero-order chi connectivity index (χ0) is 22.2. The van der Waals surface area contributed by atoms with Crippen molar-refractivity contribution < 1.29 is 40.3 Å². The third-order valence-corrected chi connectivity index (χ3v) is 16.0. The van der Waals surface area contributed by atoms with Gasteiger partial charge in [-0.05, 0) is 19.4 Å². The molecule has 0 saturated carbocycles. The van der Waals surface area contributed by atoms with E-state index in [1.807, 2.05) is 6.55 Å². The summed E-state index contributed by atoms with van der Waals surface area (Å²) in [5, 5.41) is 0. The molecule has 0 aliphatic rings. The Hall–Kier alpha value is -0.206. The van der Waals surface area contributed by atoms with Crippen LogP contribution in [0.5, 0.6) is 0 Å². The van der Waals surface area contributed by atoms with Gasteiger partial charge in [-0.1, -0.05) is 19.0 Å². The van der Waals surface area contributed by atoms with E-state index >= 15 is 0 Å². The van der Waals surface area contributed by atoms with Gasteiger partial charge in [-0.15, -0.1) is 0 Å². The first-order valence-corrected chi connectivity index (χ1v) is 20.3. The van der Waals surface area contributed by atoms with Gasteiger partial charge in [0.2, 0.25) is 8.92 Å². The highest BCUT2D eigenvalue weighted by molar-refractivity contribution is 7.05. The largest absolute Gasteiger partial charge is 0.561 e. The van der Waals surface area contributed by atoms with Crippen molar-refractivity contribution in [1.29, 1.82) is 0 Å². The Balaban J connectivity index is 4.20. The predicted octanol–water partition coefficient (Wildman–Crippen LogP) is 0.906. The Morgan fingerprint density at radius 3 is 2.17 bits per heavy atom. The molecule has 29 heavy (non-hydrogen) atoms. The molecule has 0 saturated heterocycles. The second-order valence-corrected chi connectivity index (χ2v) is 21.2. The molecule has 170 valence electrons. The summed E-state index contributed by atoms with van der Waals surface area (Å²) in [6.07, 6.45) is 2.57. The third-order valence-electron chi connectivity index (χ3n) is 4.60. The lowest BCUT2D eigenvalue weighted by Gasteiger charge is -2.25. The molecule has 14 heteroatoms. The minimum atomic E-state index is -2.67. The molecular weight excluding hydrogens is 465 g/mol. The molecule has 0 rings (SSSR count). The summed E-state index contributed by atoms with van der Waals surface area (Å²) in [6, 6.07) is 1.99. The number of ether oxygens (including phenoxy) is 1. The van der Waals surface area contributed by atoms with E-state index in [0.29, 0.717) is 25.1 Å². The fourth-order valence-corrected chi connectivity index (χ4v) is 9.43. The van der Waals surface area contributed by atoms with Crippen LogP contribution < -0.4 is 0 Å². The lowest BCUT2D eigenvalue weighted by Crippen LogP contribution is -2.42. The molecule has 0 aliphatic heterocycles. The van der Waals surface area contributed by atoms with Gasteiger partial charge in [0.25, 0.3) is 0 Å². The number of esters is 1. The summed E-state index contributed by atoms with van der Waals surface area (Å²) in [5.41, 5.74) is 0. The predicted molar refractivity (Wildman–Crippen MR) is 118 cm³/mol. The number of carbonyl (C=O) groups is 1. The molecule has 0 radical (unpaired) electrons. The topological polar surface area (TPSA) is 107 Å². The minimum Gasteiger partial charge on any atom is -0.561 e. The first-order valence-electron chi connectivity index (χ1n) is 9.82. The van der Waals surface area contributed by atoms with Crippen molar-refractivity contribution in [3.05, 3.63) is 0 Å². The molecule has 0 spiro atoms. The van der Waals surface area contributed by atoms with Crippen molar-refractivity contribution in [1.82, 2.24) is 0 Å². The van der Waals surface area contributed by atoms with Gasteiger partial charge < -0.3 is 35.5 Å². The Labute approximate surface area is 182 Å². The van der Waals surface area contributed by atoms with Crippen LogP contribution in [0.2, 0.25) is 31.2 Å². The molecule has 0 N–H and O–H groups in total. The summed E-state index contributed by atoms with van der Waals surface area (Å²) >= 11 is 0. The highest BCUT2D eigenvalue weighted by atomic mass is 29.2. The van der Waals surface area contributed by atoms with Gasteiger partial charge in [-0.2, -0.15) is 0 Å². The Kier molecular flexibility index (Phi) is 16.4. The van der Waals surface area contributed by atoms with Crippen LogP contribution in [-0.4, -0.2) is 84.8 Å². The quantitative estimate of drug-likeness (QED) is 0.145. The zero-order valence-electron chi connectivity index (χ0n) is 18.3. The van der Waals surface area contributed by atoms with Gasteiger partial charge >= 0.3 is 33.0 Å². The summed E-state index contributed by atoms with van der Waals surface area (Å²) < 4.78 is 54.4. The molecule has 0 amide bonds. The minimum absolute atomic E-state index is 0.160. The smallest absolute Gasteiger partial charge is 0.500 e. The number of rotatable bonds is 19. The number of hydrogen-bond donors (Lipinski definition) is 0. The SMILES string of the molecule is CO[Si](CCCOC(=O)CC[Si](C)(OCCCC[SiH](C)[SiH]=O)O[SiH]=O)(OC)OC. The second-order valence-electron chi connectivity index (χ2n) is 6.92. The van der Waals surface area contributed by atoms with Crippen molar-refractivity contribution in [2.24, 2.45) is 0 Å². The maximum Gasteiger partial charge on any atom is 0.500 e. The average molecular weight is 501 g/mol. The molecule has 0 heterocycles. The van der Waals surface area contributed by atoms with Crippen molar-refractivity contribution in [3.63, 3.8) is 0 Å². The standard InChI is InChI=1S/C15H36O9Si5/c1-19-29(20-2,21-3)13-8-10-22-15(16)9-14-28(5,24-25-17)23-11-6-7-12-27(4)26-18/h25-27H,6-14H2,1-5H3. The summed E-state index contributed by atoms with van der Waals surface area (Å²) in [6.45, 7) is 4.68. The van der Waals surface area contributed by atoms with Gasteiger partial charge in [-0.3, -0.25) is 4.79 Å². The lowest BCUT2D eigenvalue weighted by molar-refractivity contribution is -0.143. The molecule has 0 fully saturated rings. The van der Waals surface area contributed by atoms with E-state index < -0.39 is 44.3 Å². The first-order chi connectivity index (χ1) is 13.8. The van der Waals surface area contributed by atoms with E-state index in [2.05, 4.69) is 6.55 Å². The van der Waals surface area contributed by atoms with Crippen LogP contribution in [0.4, 0.5) is 0 Å². The second kappa shape index (κ2) is 16.5. The number of hydrogen-bond acceptors (Lipinski definition) is 9. The highest BCUT2D eigenvalue weighted by Gasteiger charge is 2.37. The fraction of sp³-hybridized carbons (Fsp3) is 0.933. The highest BCUT2D eigenvalue weighted by Crippen LogP contribution is 2.18.